The normalized spacial score (nSPS) is 11.6. The molecule has 0 aliphatic rings. The predicted octanol–water partition coefficient (Wildman–Crippen LogP) is 5.25. The number of carbonyl (C=O) groups excluding carboxylic acids is 4. The van der Waals surface area contributed by atoms with E-state index in [-0.39, 0.29) is 36.9 Å². The first-order valence-electron chi connectivity index (χ1n) is 14.3. The van der Waals surface area contributed by atoms with Crippen molar-refractivity contribution in [3.8, 4) is 0 Å². The summed E-state index contributed by atoms with van der Waals surface area (Å²) in [7, 11) is 0. The Labute approximate surface area is 259 Å². The van der Waals surface area contributed by atoms with Crippen LogP contribution in [0, 0.1) is 0 Å². The van der Waals surface area contributed by atoms with Crippen LogP contribution in [0.15, 0.2) is 42.5 Å². The molecule has 0 spiro atoms. The van der Waals surface area contributed by atoms with Crippen LogP contribution in [0.25, 0.3) is 11.0 Å². The highest BCUT2D eigenvalue weighted by Gasteiger charge is 2.29. The second kappa shape index (κ2) is 14.9. The maximum Gasteiger partial charge on any atom is 0.407 e. The average Bonchev–Trinajstić information content (AvgIpc) is 3.28. The molecule has 0 bridgehead atoms. The molecule has 1 aromatic heterocycles. The number of benzene rings is 2. The largest absolute Gasteiger partial charge is 0.466 e. The number of nitrogens with one attached hydrogen (secondary N) is 2. The van der Waals surface area contributed by atoms with Crippen LogP contribution in [-0.2, 0) is 38.7 Å². The Bertz CT molecular complexity index is 1530. The Balaban J connectivity index is 1.94. The molecule has 0 radical (unpaired) electrons. The number of halogens is 3. The molecule has 3 aromatic rings. The van der Waals surface area contributed by atoms with Crippen molar-refractivity contribution in [1.29, 1.82) is 0 Å². The number of aryl methyl sites for hydroxylation is 1. The Hall–Kier alpha value is -4.62. The Morgan fingerprint density at radius 2 is 1.69 bits per heavy atom. The number of alkyl halides is 3. The van der Waals surface area contributed by atoms with E-state index in [9.17, 15) is 32.3 Å². The van der Waals surface area contributed by atoms with E-state index in [2.05, 4.69) is 5.32 Å². The standard InChI is InChI=1S/C31H38F3N5O6/c1-20(40)39(25-11-7-6-10-23(25)28(42)36-19-31(32,33)34)18-27-37-24-16-22(17-35-29(43)45-30(3,4)5)12-13-26(24)38(27)14-8-9-15-44-21(2)41/h6-7,10-13,16H,8-9,14-15,17-19H2,1-5H3,(H,35,43)(H,36,42). The minimum atomic E-state index is -4.60. The van der Waals surface area contributed by atoms with Gasteiger partial charge in [0.1, 0.15) is 18.0 Å². The molecule has 0 fully saturated rings. The number of esters is 1. The van der Waals surface area contributed by atoms with Crippen molar-refractivity contribution in [3.63, 3.8) is 0 Å². The van der Waals surface area contributed by atoms with Gasteiger partial charge in [0.05, 0.1) is 35.4 Å². The number of para-hydroxylation sites is 1. The molecular formula is C31H38F3N5O6. The molecule has 3 rings (SSSR count). The molecule has 3 amide bonds. The molecule has 0 saturated heterocycles. The lowest BCUT2D eigenvalue weighted by Gasteiger charge is -2.24. The number of hydrogen-bond donors (Lipinski definition) is 2. The van der Waals surface area contributed by atoms with Crippen LogP contribution in [0.3, 0.4) is 0 Å². The fourth-order valence-electron chi connectivity index (χ4n) is 4.47. The minimum absolute atomic E-state index is 0.0942. The van der Waals surface area contributed by atoms with Gasteiger partial charge in [0.25, 0.3) is 5.91 Å². The molecule has 0 unspecified atom stereocenters. The summed E-state index contributed by atoms with van der Waals surface area (Å²) in [5.41, 5.74) is 1.43. The second-order valence-corrected chi connectivity index (χ2v) is 11.3. The molecule has 0 aliphatic carbocycles. The average molecular weight is 634 g/mol. The Morgan fingerprint density at radius 3 is 2.33 bits per heavy atom. The minimum Gasteiger partial charge on any atom is -0.466 e. The van der Waals surface area contributed by atoms with Crippen LogP contribution < -0.4 is 15.5 Å². The lowest BCUT2D eigenvalue weighted by Crippen LogP contribution is -2.36. The number of aromatic nitrogens is 2. The summed E-state index contributed by atoms with van der Waals surface area (Å²) < 4.78 is 50.6. The van der Waals surface area contributed by atoms with Gasteiger partial charge in [-0.15, -0.1) is 0 Å². The number of ether oxygens (including phenoxy) is 2. The first-order valence-corrected chi connectivity index (χ1v) is 14.3. The number of nitrogens with zero attached hydrogens (tertiary/aromatic N) is 3. The van der Waals surface area contributed by atoms with Crippen LogP contribution in [0.1, 0.15) is 69.2 Å². The number of carbonyl (C=O) groups is 4. The van der Waals surface area contributed by atoms with Crippen LogP contribution >= 0.6 is 0 Å². The van der Waals surface area contributed by atoms with E-state index in [0.29, 0.717) is 30.7 Å². The summed E-state index contributed by atoms with van der Waals surface area (Å²) >= 11 is 0. The predicted molar refractivity (Wildman–Crippen MR) is 160 cm³/mol. The van der Waals surface area contributed by atoms with E-state index in [1.807, 2.05) is 22.0 Å². The topological polar surface area (TPSA) is 132 Å². The smallest absolute Gasteiger partial charge is 0.407 e. The van der Waals surface area contributed by atoms with Gasteiger partial charge < -0.3 is 29.6 Å². The fourth-order valence-corrected chi connectivity index (χ4v) is 4.47. The molecule has 2 N–H and O–H groups in total. The van der Waals surface area contributed by atoms with Gasteiger partial charge in [0, 0.05) is 26.9 Å². The first-order chi connectivity index (χ1) is 21.0. The molecule has 0 atom stereocenters. The van der Waals surface area contributed by atoms with Crippen molar-refractivity contribution < 1.29 is 41.8 Å². The Kier molecular flexibility index (Phi) is 11.5. The quantitative estimate of drug-likeness (QED) is 0.206. The van der Waals surface area contributed by atoms with Gasteiger partial charge in [0.2, 0.25) is 5.91 Å². The SMILES string of the molecule is CC(=O)OCCCCn1c(CN(C(C)=O)c2ccccc2C(=O)NCC(F)(F)F)nc2cc(CNC(=O)OC(C)(C)C)ccc21. The van der Waals surface area contributed by atoms with Crippen molar-refractivity contribution in [1.82, 2.24) is 20.2 Å². The van der Waals surface area contributed by atoms with Crippen LogP contribution in [-0.4, -0.2) is 58.4 Å². The molecular weight excluding hydrogens is 595 g/mol. The van der Waals surface area contributed by atoms with Gasteiger partial charge in [-0.25, -0.2) is 9.78 Å². The lowest BCUT2D eigenvalue weighted by atomic mass is 10.1. The van der Waals surface area contributed by atoms with Gasteiger partial charge in [-0.3, -0.25) is 14.4 Å². The number of imidazole rings is 1. The van der Waals surface area contributed by atoms with Crippen LogP contribution in [0.2, 0.25) is 0 Å². The summed E-state index contributed by atoms with van der Waals surface area (Å²) in [6.45, 7) is 7.14. The molecule has 11 nitrogen and oxygen atoms in total. The van der Waals surface area contributed by atoms with Crippen molar-refractivity contribution >= 4 is 40.6 Å². The third-order valence-corrected chi connectivity index (χ3v) is 6.38. The first kappa shape index (κ1) is 34.9. The van der Waals surface area contributed by atoms with E-state index < -0.39 is 36.2 Å². The number of alkyl carbamates (subject to hydrolysis) is 1. The summed E-state index contributed by atoms with van der Waals surface area (Å²) in [6.07, 6.45) is -4.01. The van der Waals surface area contributed by atoms with E-state index in [1.54, 1.807) is 32.9 Å². The number of fused-ring (bicyclic) bond motifs is 1. The van der Waals surface area contributed by atoms with Gasteiger partial charge in [0.15, 0.2) is 0 Å². The molecule has 1 heterocycles. The number of hydrogen-bond acceptors (Lipinski definition) is 7. The van der Waals surface area contributed by atoms with E-state index in [4.69, 9.17) is 14.5 Å². The van der Waals surface area contributed by atoms with Crippen LogP contribution in [0.4, 0.5) is 23.7 Å². The van der Waals surface area contributed by atoms with Gasteiger partial charge >= 0.3 is 18.2 Å². The van der Waals surface area contributed by atoms with Gasteiger partial charge in [-0.1, -0.05) is 18.2 Å². The molecule has 0 aliphatic heterocycles. The number of amides is 3. The Morgan fingerprint density at radius 1 is 0.978 bits per heavy atom. The number of unbranched alkanes of at least 4 members (excludes halogenated alkanes) is 1. The molecule has 14 heteroatoms. The summed E-state index contributed by atoms with van der Waals surface area (Å²) in [5, 5.41) is 4.56. The maximum atomic E-state index is 12.9. The molecule has 45 heavy (non-hydrogen) atoms. The van der Waals surface area contributed by atoms with Crippen molar-refractivity contribution in [2.45, 2.75) is 78.9 Å². The molecule has 244 valence electrons. The van der Waals surface area contributed by atoms with Crippen molar-refractivity contribution in [2.75, 3.05) is 18.1 Å². The zero-order valence-corrected chi connectivity index (χ0v) is 25.9. The van der Waals surface area contributed by atoms with E-state index >= 15 is 0 Å². The summed E-state index contributed by atoms with van der Waals surface area (Å²) in [6, 6.07) is 11.4. The van der Waals surface area contributed by atoms with Crippen molar-refractivity contribution in [2.24, 2.45) is 0 Å². The van der Waals surface area contributed by atoms with E-state index in [1.165, 1.54) is 36.9 Å². The van der Waals surface area contributed by atoms with Gasteiger partial charge in [-0.05, 0) is 63.4 Å². The zero-order valence-electron chi connectivity index (χ0n) is 25.9. The van der Waals surface area contributed by atoms with Crippen LogP contribution in [0.5, 0.6) is 0 Å². The lowest BCUT2D eigenvalue weighted by molar-refractivity contribution is -0.141. The highest BCUT2D eigenvalue weighted by Crippen LogP contribution is 2.26. The summed E-state index contributed by atoms with van der Waals surface area (Å²) in [5.74, 6) is -1.36. The number of anilines is 1. The highest BCUT2D eigenvalue weighted by atomic mass is 19.4. The molecule has 0 saturated carbocycles. The number of rotatable bonds is 12. The second-order valence-electron chi connectivity index (χ2n) is 11.3. The van der Waals surface area contributed by atoms with Crippen molar-refractivity contribution in [3.05, 3.63) is 59.4 Å². The zero-order chi connectivity index (χ0) is 33.4. The fraction of sp³-hybridized carbons (Fsp3) is 0.452. The third kappa shape index (κ3) is 10.8. The molecule has 2 aromatic carbocycles. The highest BCUT2D eigenvalue weighted by molar-refractivity contribution is 6.04. The monoisotopic (exact) mass is 633 g/mol. The van der Waals surface area contributed by atoms with Gasteiger partial charge in [-0.2, -0.15) is 13.2 Å². The maximum absolute atomic E-state index is 12.9. The van der Waals surface area contributed by atoms with E-state index in [0.717, 1.165) is 11.1 Å². The summed E-state index contributed by atoms with van der Waals surface area (Å²) in [4.78, 5) is 55.0. The third-order valence-electron chi connectivity index (χ3n) is 6.38.